The van der Waals surface area contributed by atoms with Gasteiger partial charge in [-0.1, -0.05) is 42.6 Å². The summed E-state index contributed by atoms with van der Waals surface area (Å²) < 4.78 is 1.89. The van der Waals surface area contributed by atoms with Gasteiger partial charge >= 0.3 is 0 Å². The molecule has 7 nitrogen and oxygen atoms in total. The Labute approximate surface area is 142 Å². The Morgan fingerprint density at radius 1 is 1.30 bits per heavy atom. The fraction of sp³-hybridized carbons (Fsp3) is 0.500. The molecule has 1 fully saturated rings. The maximum absolute atomic E-state index is 10.9. The van der Waals surface area contributed by atoms with Gasteiger partial charge in [0, 0.05) is 22.9 Å². The number of aromatic nitrogens is 4. The minimum absolute atomic E-state index is 0.0000256. The highest BCUT2D eigenvalue weighted by Crippen LogP contribution is 2.32. The molecule has 0 radical (unpaired) electrons. The molecule has 3 rings (SSSR count). The molecular formula is C14H16ClN5O2S. The van der Waals surface area contributed by atoms with Crippen LogP contribution >= 0.6 is 23.4 Å². The predicted molar refractivity (Wildman–Crippen MR) is 87.6 cm³/mol. The number of non-ortho nitro benzene ring substituents is 1. The van der Waals surface area contributed by atoms with Crippen LogP contribution in [0.2, 0.25) is 5.02 Å². The first-order valence-electron chi connectivity index (χ1n) is 7.48. The van der Waals surface area contributed by atoms with E-state index in [-0.39, 0.29) is 5.69 Å². The molecule has 0 aliphatic heterocycles. The van der Waals surface area contributed by atoms with Crippen LogP contribution < -0.4 is 0 Å². The lowest BCUT2D eigenvalue weighted by molar-refractivity contribution is -0.384. The van der Waals surface area contributed by atoms with Crippen molar-refractivity contribution in [1.29, 1.82) is 0 Å². The Morgan fingerprint density at radius 2 is 2.09 bits per heavy atom. The highest BCUT2D eigenvalue weighted by Gasteiger charge is 2.20. The van der Waals surface area contributed by atoms with Crippen molar-refractivity contribution in [3.63, 3.8) is 0 Å². The average Bonchev–Trinajstić information content (AvgIpc) is 3.02. The number of benzene rings is 1. The van der Waals surface area contributed by atoms with E-state index >= 15 is 0 Å². The van der Waals surface area contributed by atoms with Gasteiger partial charge in [0.15, 0.2) is 0 Å². The Bertz CT molecular complexity index is 702. The van der Waals surface area contributed by atoms with Gasteiger partial charge in [-0.3, -0.25) is 10.1 Å². The van der Waals surface area contributed by atoms with E-state index in [2.05, 4.69) is 15.5 Å². The smallest absolute Gasteiger partial charge is 0.258 e. The van der Waals surface area contributed by atoms with Crippen molar-refractivity contribution in [2.45, 2.75) is 49.1 Å². The average molecular weight is 354 g/mol. The van der Waals surface area contributed by atoms with E-state index in [9.17, 15) is 10.1 Å². The fourth-order valence-electron chi connectivity index (χ4n) is 2.81. The zero-order valence-corrected chi connectivity index (χ0v) is 14.0. The molecule has 0 saturated heterocycles. The number of nitrogens with zero attached hydrogens (tertiary/aromatic N) is 5. The van der Waals surface area contributed by atoms with Crippen LogP contribution in [0.3, 0.4) is 0 Å². The van der Waals surface area contributed by atoms with Crippen molar-refractivity contribution in [2.24, 2.45) is 0 Å². The molecule has 23 heavy (non-hydrogen) atoms. The van der Waals surface area contributed by atoms with E-state index in [1.165, 1.54) is 43.2 Å². The Morgan fingerprint density at radius 3 is 2.83 bits per heavy atom. The molecule has 9 heteroatoms. The molecule has 0 amide bonds. The van der Waals surface area contributed by atoms with Crippen LogP contribution in [0.25, 0.3) is 0 Å². The zero-order valence-electron chi connectivity index (χ0n) is 12.4. The molecule has 0 spiro atoms. The number of thioether (sulfide) groups is 1. The van der Waals surface area contributed by atoms with Gasteiger partial charge in [-0.05, 0) is 34.9 Å². The number of nitro groups is 1. The quantitative estimate of drug-likeness (QED) is 0.458. The van der Waals surface area contributed by atoms with Gasteiger partial charge in [0.2, 0.25) is 5.16 Å². The van der Waals surface area contributed by atoms with Crippen LogP contribution in [0.15, 0.2) is 23.4 Å². The van der Waals surface area contributed by atoms with Gasteiger partial charge in [0.05, 0.1) is 11.0 Å². The lowest BCUT2D eigenvalue weighted by Crippen LogP contribution is -2.15. The molecule has 0 unspecified atom stereocenters. The third-order valence-corrected chi connectivity index (χ3v) is 5.13. The largest absolute Gasteiger partial charge is 0.271 e. The number of halogens is 1. The van der Waals surface area contributed by atoms with E-state index in [4.69, 9.17) is 11.6 Å². The molecule has 1 aliphatic rings. The third kappa shape index (κ3) is 4.00. The summed E-state index contributed by atoms with van der Waals surface area (Å²) in [6.45, 7) is 0. The summed E-state index contributed by atoms with van der Waals surface area (Å²) >= 11 is 7.42. The van der Waals surface area contributed by atoms with Gasteiger partial charge in [-0.2, -0.15) is 0 Å². The minimum atomic E-state index is -0.438. The third-order valence-electron chi connectivity index (χ3n) is 3.90. The maximum Gasteiger partial charge on any atom is 0.271 e. The number of tetrazole rings is 1. The monoisotopic (exact) mass is 353 g/mol. The predicted octanol–water partition coefficient (Wildman–Crippen LogP) is 4.03. The van der Waals surface area contributed by atoms with E-state index in [0.717, 1.165) is 23.6 Å². The van der Waals surface area contributed by atoms with Gasteiger partial charge in [-0.15, -0.1) is 5.10 Å². The molecule has 1 aromatic carbocycles. The normalized spacial score (nSPS) is 15.7. The summed E-state index contributed by atoms with van der Waals surface area (Å²) in [5.41, 5.74) is 0.785. The number of nitro benzene ring substituents is 1. The second kappa shape index (κ2) is 7.27. The van der Waals surface area contributed by atoms with Crippen LogP contribution in [-0.2, 0) is 5.75 Å². The van der Waals surface area contributed by atoms with Crippen LogP contribution in [-0.4, -0.2) is 25.1 Å². The van der Waals surface area contributed by atoms with Crippen molar-refractivity contribution in [1.82, 2.24) is 20.2 Å². The van der Waals surface area contributed by atoms with Gasteiger partial charge in [-0.25, -0.2) is 4.68 Å². The highest BCUT2D eigenvalue weighted by molar-refractivity contribution is 7.98. The van der Waals surface area contributed by atoms with Crippen molar-refractivity contribution < 1.29 is 4.92 Å². The van der Waals surface area contributed by atoms with Crippen molar-refractivity contribution in [2.75, 3.05) is 0 Å². The lowest BCUT2D eigenvalue weighted by atomic mass is 9.96. The van der Waals surface area contributed by atoms with E-state index in [1.807, 2.05) is 4.68 Å². The summed E-state index contributed by atoms with van der Waals surface area (Å²) in [5, 5.41) is 24.0. The SMILES string of the molecule is O=[N+]([O-])c1cc(Cl)cc(CSc2nnnn2C2CCCCC2)c1. The standard InChI is InChI=1S/C14H16ClN5O2S/c15-11-6-10(7-13(8-11)20(21)22)9-23-14-16-17-18-19(14)12-4-2-1-3-5-12/h6-8,12H,1-5,9H2. The molecule has 1 aliphatic carbocycles. The Hall–Kier alpha value is -1.67. The number of hydrogen-bond acceptors (Lipinski definition) is 6. The molecule has 0 N–H and O–H groups in total. The van der Waals surface area contributed by atoms with Crippen molar-refractivity contribution in [3.8, 4) is 0 Å². The van der Waals surface area contributed by atoms with Crippen LogP contribution in [0.5, 0.6) is 0 Å². The minimum Gasteiger partial charge on any atom is -0.258 e. The molecule has 0 atom stereocenters. The summed E-state index contributed by atoms with van der Waals surface area (Å²) in [7, 11) is 0. The number of hydrogen-bond donors (Lipinski definition) is 0. The van der Waals surface area contributed by atoms with E-state index in [1.54, 1.807) is 6.07 Å². The van der Waals surface area contributed by atoms with E-state index < -0.39 is 4.92 Å². The van der Waals surface area contributed by atoms with Gasteiger partial charge in [0.25, 0.3) is 5.69 Å². The molecule has 1 heterocycles. The van der Waals surface area contributed by atoms with Crippen molar-refractivity contribution in [3.05, 3.63) is 38.9 Å². The molecule has 2 aromatic rings. The van der Waals surface area contributed by atoms with Crippen LogP contribution in [0.4, 0.5) is 5.69 Å². The Kier molecular flexibility index (Phi) is 5.12. The van der Waals surface area contributed by atoms with Crippen molar-refractivity contribution >= 4 is 29.1 Å². The second-order valence-electron chi connectivity index (χ2n) is 5.56. The topological polar surface area (TPSA) is 86.7 Å². The molecule has 1 aromatic heterocycles. The summed E-state index contributed by atoms with van der Waals surface area (Å²) in [5.74, 6) is 0.536. The molecule has 1 saturated carbocycles. The first kappa shape index (κ1) is 16.2. The highest BCUT2D eigenvalue weighted by atomic mass is 35.5. The summed E-state index contributed by atoms with van der Waals surface area (Å²) in [4.78, 5) is 10.5. The second-order valence-corrected chi connectivity index (χ2v) is 6.94. The van der Waals surface area contributed by atoms with E-state index in [0.29, 0.717) is 16.8 Å². The first-order valence-corrected chi connectivity index (χ1v) is 8.84. The zero-order chi connectivity index (χ0) is 16.2. The van der Waals surface area contributed by atoms with Gasteiger partial charge in [0.1, 0.15) is 0 Å². The fourth-order valence-corrected chi connectivity index (χ4v) is 3.93. The maximum atomic E-state index is 10.9. The molecular weight excluding hydrogens is 338 g/mol. The van der Waals surface area contributed by atoms with Crippen LogP contribution in [0, 0.1) is 10.1 Å². The molecule has 0 bridgehead atoms. The van der Waals surface area contributed by atoms with Crippen LogP contribution in [0.1, 0.15) is 43.7 Å². The molecule has 122 valence electrons. The lowest BCUT2D eigenvalue weighted by Gasteiger charge is -2.21. The van der Waals surface area contributed by atoms with Gasteiger partial charge < -0.3 is 0 Å². The number of rotatable bonds is 5. The summed E-state index contributed by atoms with van der Waals surface area (Å²) in [6.07, 6.45) is 5.88. The first-order chi connectivity index (χ1) is 11.1. The summed E-state index contributed by atoms with van der Waals surface area (Å²) in [6, 6.07) is 4.97. The Balaban J connectivity index is 1.71.